The topological polar surface area (TPSA) is 0 Å². The Morgan fingerprint density at radius 2 is 2.12 bits per heavy atom. The smallest absolute Gasteiger partial charge is 0.0369 e. The van der Waals surface area contributed by atoms with Crippen molar-refractivity contribution in [1.29, 1.82) is 0 Å². The molecule has 0 radical (unpaired) electrons. The maximum atomic E-state index is 4.84. The predicted molar refractivity (Wildman–Crippen MR) is 38.4 cm³/mol. The highest BCUT2D eigenvalue weighted by molar-refractivity contribution is 7.49. The molecule has 0 aliphatic rings. The molecule has 1 atom stereocenters. The lowest BCUT2D eigenvalue weighted by molar-refractivity contribution is 1.94. The van der Waals surface area contributed by atoms with Crippen molar-refractivity contribution in [2.75, 3.05) is 0 Å². The van der Waals surface area contributed by atoms with Gasteiger partial charge in [0.2, 0.25) is 0 Å². The van der Waals surface area contributed by atoms with Gasteiger partial charge >= 0.3 is 0 Å². The van der Waals surface area contributed by atoms with Crippen LogP contribution in [0.1, 0.15) is 6.92 Å². The molecule has 0 aromatic heterocycles. The Labute approximate surface area is 51.8 Å². The van der Waals surface area contributed by atoms with E-state index in [4.69, 9.17) is 6.42 Å². The molecule has 0 aromatic rings. The molecule has 0 saturated heterocycles. The zero-order chi connectivity index (χ0) is 6.24. The summed E-state index contributed by atoms with van der Waals surface area (Å²) in [6.07, 6.45) is 4.84. The highest BCUT2D eigenvalue weighted by Crippen LogP contribution is 2.00. The molecule has 0 N–H and O–H groups in total. The summed E-state index contributed by atoms with van der Waals surface area (Å²) in [5.41, 5.74) is 5.50. The van der Waals surface area contributed by atoms with Crippen molar-refractivity contribution in [3.63, 3.8) is 0 Å². The van der Waals surface area contributed by atoms with Gasteiger partial charge < -0.3 is 0 Å². The Balaban J connectivity index is 3.43. The fraction of sp³-hybridized carbons (Fsp3) is 0.143. The van der Waals surface area contributed by atoms with Crippen molar-refractivity contribution in [3.8, 4) is 35.5 Å². The van der Waals surface area contributed by atoms with Crippen molar-refractivity contribution in [1.82, 2.24) is 0 Å². The first-order chi connectivity index (χ1) is 3.91. The Morgan fingerprint density at radius 1 is 1.38 bits per heavy atom. The third-order valence-corrected chi connectivity index (χ3v) is 1.01. The number of terminal acetylenes is 1. The van der Waals surface area contributed by atoms with Gasteiger partial charge in [-0.15, -0.1) is 12.3 Å². The van der Waals surface area contributed by atoms with Crippen LogP contribution in [0.2, 0.25) is 0 Å². The normalized spacial score (nSPS) is 6.00. The van der Waals surface area contributed by atoms with Gasteiger partial charge in [-0.1, -0.05) is 11.3 Å². The zero-order valence-corrected chi connectivity index (χ0v) is 5.58. The Bertz CT molecular complexity index is 199. The quantitative estimate of drug-likeness (QED) is 0.333. The molecular weight excluding hydrogens is 115 g/mol. The molecule has 0 fully saturated rings. The SMILES string of the molecule is C#CC#CPC#CC. The number of hydrogen-bond donors (Lipinski definition) is 0. The fourth-order valence-corrected chi connectivity index (χ4v) is 0.483. The molecular formula is C7H5P. The van der Waals surface area contributed by atoms with E-state index in [9.17, 15) is 0 Å². The van der Waals surface area contributed by atoms with Gasteiger partial charge in [-0.2, -0.15) is 0 Å². The first-order valence-corrected chi connectivity index (χ1v) is 3.04. The largest absolute Gasteiger partial charge is 0.106 e. The molecule has 0 spiro atoms. The van der Waals surface area contributed by atoms with E-state index in [2.05, 4.69) is 29.1 Å². The molecule has 0 nitrogen and oxygen atoms in total. The monoisotopic (exact) mass is 120 g/mol. The van der Waals surface area contributed by atoms with Crippen molar-refractivity contribution < 1.29 is 0 Å². The molecule has 0 rings (SSSR count). The second-order valence-electron chi connectivity index (χ2n) is 0.894. The third kappa shape index (κ3) is 5.11. The molecule has 1 heteroatoms. The zero-order valence-electron chi connectivity index (χ0n) is 4.58. The lowest BCUT2D eigenvalue weighted by atomic mass is 10.7. The summed E-state index contributed by atoms with van der Waals surface area (Å²) >= 11 is 0. The van der Waals surface area contributed by atoms with E-state index in [0.717, 1.165) is 0 Å². The van der Waals surface area contributed by atoms with E-state index in [1.54, 1.807) is 6.92 Å². The first kappa shape index (κ1) is 7.11. The standard InChI is InChI=1S/C7H5P/c1-3-5-7-8-6-4-2/h1,8H,2H3. The van der Waals surface area contributed by atoms with Crippen LogP contribution in [0.3, 0.4) is 0 Å². The average molecular weight is 120 g/mol. The maximum absolute atomic E-state index is 4.84. The van der Waals surface area contributed by atoms with Crippen molar-refractivity contribution >= 4 is 8.58 Å². The van der Waals surface area contributed by atoms with E-state index in [1.807, 2.05) is 0 Å². The molecule has 0 amide bonds. The van der Waals surface area contributed by atoms with Gasteiger partial charge in [0, 0.05) is 8.58 Å². The van der Waals surface area contributed by atoms with Crippen molar-refractivity contribution in [2.45, 2.75) is 6.92 Å². The van der Waals surface area contributed by atoms with Crippen LogP contribution >= 0.6 is 8.58 Å². The van der Waals surface area contributed by atoms with E-state index < -0.39 is 0 Å². The molecule has 8 heavy (non-hydrogen) atoms. The van der Waals surface area contributed by atoms with Gasteiger partial charge in [-0.05, 0) is 18.8 Å². The lowest BCUT2D eigenvalue weighted by Gasteiger charge is -1.63. The van der Waals surface area contributed by atoms with Crippen molar-refractivity contribution in [2.24, 2.45) is 0 Å². The third-order valence-electron chi connectivity index (χ3n) is 0.385. The summed E-state index contributed by atoms with van der Waals surface area (Å²) in [5, 5.41) is 0. The second kappa shape index (κ2) is 6.11. The molecule has 0 aromatic carbocycles. The molecule has 1 unspecified atom stereocenters. The highest BCUT2D eigenvalue weighted by Gasteiger charge is 1.59. The van der Waals surface area contributed by atoms with E-state index in [-0.39, 0.29) is 0 Å². The highest BCUT2D eigenvalue weighted by atomic mass is 31.1. The Kier molecular flexibility index (Phi) is 5.43. The van der Waals surface area contributed by atoms with Crippen LogP contribution < -0.4 is 0 Å². The lowest BCUT2D eigenvalue weighted by Crippen LogP contribution is -1.41. The summed E-state index contributed by atoms with van der Waals surface area (Å²) in [6, 6.07) is 0. The minimum atomic E-state index is 0.374. The average Bonchev–Trinajstić information content (AvgIpc) is 1.81. The molecule has 0 saturated carbocycles. The second-order valence-corrected chi connectivity index (χ2v) is 1.64. The van der Waals surface area contributed by atoms with Crippen LogP contribution in [0.4, 0.5) is 0 Å². The van der Waals surface area contributed by atoms with Crippen molar-refractivity contribution in [3.05, 3.63) is 0 Å². The summed E-state index contributed by atoms with van der Waals surface area (Å²) in [5.74, 6) is 7.39. The Hall–Kier alpha value is -0.890. The van der Waals surface area contributed by atoms with Gasteiger partial charge in [0.05, 0.1) is 0 Å². The summed E-state index contributed by atoms with van der Waals surface area (Å²) in [6.45, 7) is 1.78. The van der Waals surface area contributed by atoms with E-state index in [0.29, 0.717) is 8.58 Å². The van der Waals surface area contributed by atoms with Crippen LogP contribution in [0.5, 0.6) is 0 Å². The molecule has 0 aliphatic heterocycles. The van der Waals surface area contributed by atoms with E-state index >= 15 is 0 Å². The number of rotatable bonds is 0. The van der Waals surface area contributed by atoms with Gasteiger partial charge in [0.1, 0.15) is 0 Å². The molecule has 38 valence electrons. The van der Waals surface area contributed by atoms with Crippen LogP contribution in [0.25, 0.3) is 0 Å². The summed E-state index contributed by atoms with van der Waals surface area (Å²) in [7, 11) is 0.374. The van der Waals surface area contributed by atoms with Gasteiger partial charge in [-0.25, -0.2) is 0 Å². The minimum absolute atomic E-state index is 0.374. The Morgan fingerprint density at radius 3 is 2.62 bits per heavy atom. The van der Waals surface area contributed by atoms with Crippen LogP contribution in [0, 0.1) is 35.5 Å². The molecule has 0 heterocycles. The van der Waals surface area contributed by atoms with E-state index in [1.165, 1.54) is 0 Å². The minimum Gasteiger partial charge on any atom is -0.106 e. The number of hydrogen-bond acceptors (Lipinski definition) is 0. The molecule has 0 bridgehead atoms. The summed E-state index contributed by atoms with van der Waals surface area (Å²) in [4.78, 5) is 0. The maximum Gasteiger partial charge on any atom is 0.0369 e. The molecule has 0 aliphatic carbocycles. The van der Waals surface area contributed by atoms with Gasteiger partial charge in [0.15, 0.2) is 0 Å². The van der Waals surface area contributed by atoms with Gasteiger partial charge in [-0.3, -0.25) is 0 Å². The van der Waals surface area contributed by atoms with Crippen LogP contribution in [0.15, 0.2) is 0 Å². The summed E-state index contributed by atoms with van der Waals surface area (Å²) < 4.78 is 0. The first-order valence-electron chi connectivity index (χ1n) is 2.04. The van der Waals surface area contributed by atoms with Crippen LogP contribution in [-0.2, 0) is 0 Å². The predicted octanol–water partition coefficient (Wildman–Crippen LogP) is 1.24. The van der Waals surface area contributed by atoms with Gasteiger partial charge in [0.25, 0.3) is 0 Å². The van der Waals surface area contributed by atoms with Crippen LogP contribution in [-0.4, -0.2) is 0 Å². The fourth-order valence-electron chi connectivity index (χ4n) is 0.161.